The van der Waals surface area contributed by atoms with Crippen molar-refractivity contribution in [2.24, 2.45) is 12.8 Å². The fourth-order valence-corrected chi connectivity index (χ4v) is 2.23. The zero-order valence-corrected chi connectivity index (χ0v) is 10.7. The van der Waals surface area contributed by atoms with Gasteiger partial charge in [-0.3, -0.25) is 14.9 Å². The Balaban J connectivity index is 2.67. The second kappa shape index (κ2) is 4.82. The molecule has 1 atom stereocenters. The summed E-state index contributed by atoms with van der Waals surface area (Å²) in [4.78, 5) is 21.4. The molecule has 0 radical (unpaired) electrons. The molecule has 1 aromatic heterocycles. The van der Waals surface area contributed by atoms with Gasteiger partial charge in [0.2, 0.25) is 0 Å². The molecule has 0 aliphatic heterocycles. The summed E-state index contributed by atoms with van der Waals surface area (Å²) in [5.41, 5.74) is 12.4. The Kier molecular flexibility index (Phi) is 3.33. The first-order valence-electron chi connectivity index (χ1n) is 5.81. The molecule has 20 heavy (non-hydrogen) atoms. The van der Waals surface area contributed by atoms with Gasteiger partial charge in [0.1, 0.15) is 6.04 Å². The van der Waals surface area contributed by atoms with Crippen LogP contribution in [0.1, 0.15) is 5.56 Å². The molecule has 1 unspecified atom stereocenters. The fourth-order valence-electron chi connectivity index (χ4n) is 2.23. The molecule has 0 aliphatic rings. The number of carboxylic acids is 1. The van der Waals surface area contributed by atoms with Crippen LogP contribution in [0, 0.1) is 10.1 Å². The number of benzene rings is 1. The number of aromatic nitrogens is 1. The van der Waals surface area contributed by atoms with Crippen molar-refractivity contribution in [2.75, 3.05) is 5.73 Å². The first-order chi connectivity index (χ1) is 9.31. The number of nitro groups is 1. The van der Waals surface area contributed by atoms with Crippen LogP contribution in [0.5, 0.6) is 0 Å². The average Bonchev–Trinajstić information content (AvgIpc) is 2.65. The van der Waals surface area contributed by atoms with Crippen molar-refractivity contribution >= 4 is 28.2 Å². The van der Waals surface area contributed by atoms with E-state index in [0.717, 1.165) is 0 Å². The predicted molar refractivity (Wildman–Crippen MR) is 73.3 cm³/mol. The minimum absolute atomic E-state index is 0.0113. The highest BCUT2D eigenvalue weighted by molar-refractivity contribution is 5.95. The van der Waals surface area contributed by atoms with Gasteiger partial charge in [-0.15, -0.1) is 0 Å². The van der Waals surface area contributed by atoms with Crippen molar-refractivity contribution in [1.29, 1.82) is 0 Å². The average molecular weight is 278 g/mol. The molecule has 2 aromatic rings. The van der Waals surface area contributed by atoms with Crippen LogP contribution in [0.2, 0.25) is 0 Å². The van der Waals surface area contributed by atoms with E-state index in [1.54, 1.807) is 23.9 Å². The zero-order chi connectivity index (χ0) is 15.0. The smallest absolute Gasteiger partial charge is 0.320 e. The first-order valence-corrected chi connectivity index (χ1v) is 5.81. The first kappa shape index (κ1) is 13.8. The van der Waals surface area contributed by atoms with Crippen LogP contribution in [0.3, 0.4) is 0 Å². The second-order valence-electron chi connectivity index (χ2n) is 4.61. The number of anilines is 1. The number of hydrogen-bond donors (Lipinski definition) is 3. The third kappa shape index (κ3) is 2.28. The van der Waals surface area contributed by atoms with Crippen LogP contribution in [0.25, 0.3) is 10.9 Å². The monoisotopic (exact) mass is 278 g/mol. The molecular weight excluding hydrogens is 264 g/mol. The number of hydrogen-bond acceptors (Lipinski definition) is 5. The van der Waals surface area contributed by atoms with Crippen molar-refractivity contribution in [3.63, 3.8) is 0 Å². The van der Waals surface area contributed by atoms with Gasteiger partial charge in [-0.1, -0.05) is 0 Å². The van der Waals surface area contributed by atoms with Gasteiger partial charge in [0.25, 0.3) is 5.69 Å². The Labute approximate surface area is 113 Å². The van der Waals surface area contributed by atoms with E-state index in [0.29, 0.717) is 16.5 Å². The number of nitrogen functional groups attached to an aromatic ring is 1. The summed E-state index contributed by atoms with van der Waals surface area (Å²) in [7, 11) is 1.71. The van der Waals surface area contributed by atoms with Gasteiger partial charge in [0.15, 0.2) is 0 Å². The summed E-state index contributed by atoms with van der Waals surface area (Å²) in [5.74, 6) is -1.15. The lowest BCUT2D eigenvalue weighted by molar-refractivity contribution is -0.383. The lowest BCUT2D eigenvalue weighted by atomic mass is 10.0. The van der Waals surface area contributed by atoms with Crippen molar-refractivity contribution in [1.82, 2.24) is 4.57 Å². The summed E-state index contributed by atoms with van der Waals surface area (Å²) in [6.45, 7) is 0. The highest BCUT2D eigenvalue weighted by Crippen LogP contribution is 2.33. The van der Waals surface area contributed by atoms with E-state index in [-0.39, 0.29) is 17.8 Å². The van der Waals surface area contributed by atoms with E-state index in [4.69, 9.17) is 16.6 Å². The molecule has 1 aromatic carbocycles. The Morgan fingerprint density at radius 1 is 1.55 bits per heavy atom. The third-order valence-corrected chi connectivity index (χ3v) is 3.12. The van der Waals surface area contributed by atoms with E-state index in [2.05, 4.69) is 0 Å². The number of carboxylic acid groups (broad SMARTS) is 1. The van der Waals surface area contributed by atoms with Crippen molar-refractivity contribution in [3.8, 4) is 0 Å². The summed E-state index contributed by atoms with van der Waals surface area (Å²) in [6, 6.07) is 1.76. The molecule has 0 saturated heterocycles. The van der Waals surface area contributed by atoms with Crippen molar-refractivity contribution in [2.45, 2.75) is 12.5 Å². The van der Waals surface area contributed by atoms with Crippen molar-refractivity contribution < 1.29 is 14.8 Å². The highest BCUT2D eigenvalue weighted by atomic mass is 16.6. The maximum absolute atomic E-state index is 11.1. The van der Waals surface area contributed by atoms with Crippen LogP contribution in [0.4, 0.5) is 11.4 Å². The van der Waals surface area contributed by atoms with Gasteiger partial charge in [-0.05, 0) is 11.6 Å². The molecule has 1 heterocycles. The fraction of sp³-hybridized carbons (Fsp3) is 0.250. The quantitative estimate of drug-likeness (QED) is 0.426. The lowest BCUT2D eigenvalue weighted by Gasteiger charge is -2.05. The maximum atomic E-state index is 11.1. The molecule has 8 nitrogen and oxygen atoms in total. The molecule has 0 spiro atoms. The number of rotatable bonds is 4. The number of nitrogens with two attached hydrogens (primary N) is 2. The minimum Gasteiger partial charge on any atom is -0.480 e. The molecule has 5 N–H and O–H groups in total. The van der Waals surface area contributed by atoms with Gasteiger partial charge in [0, 0.05) is 31.4 Å². The van der Waals surface area contributed by atoms with E-state index < -0.39 is 16.9 Å². The van der Waals surface area contributed by atoms with E-state index >= 15 is 0 Å². The number of carbonyl (C=O) groups is 1. The minimum atomic E-state index is -1.15. The summed E-state index contributed by atoms with van der Waals surface area (Å²) < 4.78 is 1.67. The van der Waals surface area contributed by atoms with Crippen LogP contribution in [0.15, 0.2) is 18.3 Å². The Morgan fingerprint density at radius 2 is 2.20 bits per heavy atom. The van der Waals surface area contributed by atoms with Gasteiger partial charge in [-0.25, -0.2) is 0 Å². The lowest BCUT2D eigenvalue weighted by Crippen LogP contribution is -2.32. The largest absolute Gasteiger partial charge is 0.480 e. The number of nitrogens with zero attached hydrogens (tertiary/aromatic N) is 2. The van der Waals surface area contributed by atoms with Crippen molar-refractivity contribution in [3.05, 3.63) is 34.0 Å². The third-order valence-electron chi connectivity index (χ3n) is 3.12. The predicted octanol–water partition coefficient (Wildman–Crippen LogP) is 0.623. The molecule has 8 heteroatoms. The number of aliphatic carboxylic acids is 1. The van der Waals surface area contributed by atoms with Crippen LogP contribution in [-0.2, 0) is 18.3 Å². The Hall–Kier alpha value is -2.61. The molecule has 0 bridgehead atoms. The number of aryl methyl sites for hydroxylation is 1. The van der Waals surface area contributed by atoms with Crippen LogP contribution >= 0.6 is 0 Å². The molecule has 106 valence electrons. The molecule has 0 fully saturated rings. The SMILES string of the molecule is Cn1cc(CC(N)C(=O)O)c2c([N+](=O)[O-])cc(N)cc21. The van der Waals surface area contributed by atoms with Crippen LogP contribution in [-0.4, -0.2) is 26.6 Å². The van der Waals surface area contributed by atoms with Gasteiger partial charge in [-0.2, -0.15) is 0 Å². The summed E-state index contributed by atoms with van der Waals surface area (Å²) in [5, 5.41) is 20.4. The second-order valence-corrected chi connectivity index (χ2v) is 4.61. The number of nitro benzene ring substituents is 1. The van der Waals surface area contributed by atoms with E-state index in [1.807, 2.05) is 0 Å². The molecule has 0 saturated carbocycles. The van der Waals surface area contributed by atoms with Gasteiger partial charge < -0.3 is 21.1 Å². The molecule has 2 rings (SSSR count). The number of non-ortho nitro benzene ring substituents is 1. The van der Waals surface area contributed by atoms with E-state index in [9.17, 15) is 14.9 Å². The summed E-state index contributed by atoms with van der Waals surface area (Å²) in [6.07, 6.45) is 1.65. The van der Waals surface area contributed by atoms with E-state index in [1.165, 1.54) is 6.07 Å². The van der Waals surface area contributed by atoms with Gasteiger partial charge >= 0.3 is 5.97 Å². The van der Waals surface area contributed by atoms with Crippen LogP contribution < -0.4 is 11.5 Å². The zero-order valence-electron chi connectivity index (χ0n) is 10.7. The highest BCUT2D eigenvalue weighted by Gasteiger charge is 2.22. The Morgan fingerprint density at radius 3 is 2.75 bits per heavy atom. The molecule has 0 aliphatic carbocycles. The Bertz CT molecular complexity index is 707. The standard InChI is InChI=1S/C12H14N4O4/c1-15-5-6(2-8(14)12(17)18)11-9(15)3-7(13)4-10(11)16(19)20/h3-5,8H,2,13-14H2,1H3,(H,17,18). The topological polar surface area (TPSA) is 137 Å². The molecule has 0 amide bonds. The number of fused-ring (bicyclic) bond motifs is 1. The summed E-state index contributed by atoms with van der Waals surface area (Å²) >= 11 is 0. The molecular formula is C12H14N4O4. The normalized spacial score (nSPS) is 12.5. The maximum Gasteiger partial charge on any atom is 0.320 e. The van der Waals surface area contributed by atoms with Gasteiger partial charge in [0.05, 0.1) is 15.8 Å².